The van der Waals surface area contributed by atoms with Crippen molar-refractivity contribution in [2.24, 2.45) is 0 Å². The van der Waals surface area contributed by atoms with Crippen molar-refractivity contribution in [3.05, 3.63) is 0 Å². The Morgan fingerprint density at radius 1 is 1.14 bits per heavy atom. The zero-order valence-corrected chi connectivity index (χ0v) is 16.2. The highest BCUT2D eigenvalue weighted by Gasteiger charge is 2.52. The number of nitrogens with one attached hydrogen (secondary N) is 1. The first-order valence-corrected chi connectivity index (χ1v) is 9.81. The molecule has 2 aliphatic carbocycles. The van der Waals surface area contributed by atoms with Gasteiger partial charge in [0, 0.05) is 7.05 Å². The van der Waals surface area contributed by atoms with E-state index in [9.17, 15) is 24.4 Å². The number of urea groups is 1. The van der Waals surface area contributed by atoms with E-state index >= 15 is 0 Å². The number of hydrogen-bond acceptors (Lipinski definition) is 6. The van der Waals surface area contributed by atoms with Crippen LogP contribution >= 0.6 is 0 Å². The second-order valence-electron chi connectivity index (χ2n) is 7.93. The van der Waals surface area contributed by atoms with E-state index in [2.05, 4.69) is 11.4 Å². The average molecular weight is 390 g/mol. The zero-order chi connectivity index (χ0) is 20.4. The Bertz CT molecular complexity index is 716. The summed E-state index contributed by atoms with van der Waals surface area (Å²) < 4.78 is 5.00. The molecule has 0 aromatic rings. The van der Waals surface area contributed by atoms with Gasteiger partial charge >= 0.3 is 12.0 Å². The molecule has 0 radical (unpaired) electrons. The van der Waals surface area contributed by atoms with Crippen LogP contribution in [0.15, 0.2) is 0 Å². The number of carbonyl (C=O) groups is 4. The number of imide groups is 1. The molecule has 28 heavy (non-hydrogen) atoms. The Morgan fingerprint density at radius 3 is 2.36 bits per heavy atom. The summed E-state index contributed by atoms with van der Waals surface area (Å²) in [5, 5.41) is 12.2. The highest BCUT2D eigenvalue weighted by molar-refractivity contribution is 6.08. The smallest absolute Gasteiger partial charge is 0.326 e. The maximum absolute atomic E-state index is 12.5. The molecular weight excluding hydrogens is 364 g/mol. The van der Waals surface area contributed by atoms with E-state index in [4.69, 9.17) is 4.74 Å². The van der Waals surface area contributed by atoms with Crippen LogP contribution in [0.3, 0.4) is 0 Å². The molecule has 9 nitrogen and oxygen atoms in total. The number of rotatable bonds is 5. The molecule has 0 bridgehead atoms. The molecule has 1 saturated heterocycles. The van der Waals surface area contributed by atoms with Gasteiger partial charge in [-0.25, -0.2) is 4.79 Å². The maximum Gasteiger partial charge on any atom is 0.326 e. The summed E-state index contributed by atoms with van der Waals surface area (Å²) >= 11 is 0. The van der Waals surface area contributed by atoms with Crippen molar-refractivity contribution in [3.63, 3.8) is 0 Å². The van der Waals surface area contributed by atoms with Crippen molar-refractivity contribution in [1.82, 2.24) is 15.1 Å². The lowest BCUT2D eigenvalue weighted by atomic mass is 9.81. The predicted molar refractivity (Wildman–Crippen MR) is 96.6 cm³/mol. The Morgan fingerprint density at radius 2 is 1.75 bits per heavy atom. The van der Waals surface area contributed by atoms with Crippen molar-refractivity contribution < 1.29 is 23.9 Å². The molecule has 1 spiro atoms. The Kier molecular flexibility index (Phi) is 5.59. The summed E-state index contributed by atoms with van der Waals surface area (Å²) in [5.74, 6) is -1.70. The fourth-order valence-electron chi connectivity index (χ4n) is 4.45. The molecular formula is C19H26N4O5. The number of likely N-dealkylation sites (N-methyl/N-ethyl adjacent to an activating group) is 1. The van der Waals surface area contributed by atoms with Gasteiger partial charge in [0.15, 0.2) is 6.61 Å². The van der Waals surface area contributed by atoms with E-state index < -0.39 is 48.0 Å². The number of ether oxygens (including phenoxy) is 1. The Balaban J connectivity index is 1.53. The topological polar surface area (TPSA) is 120 Å². The number of amides is 4. The van der Waals surface area contributed by atoms with Crippen LogP contribution in [-0.2, 0) is 19.1 Å². The first kappa shape index (κ1) is 20.1. The van der Waals surface area contributed by atoms with E-state index in [0.29, 0.717) is 25.7 Å². The van der Waals surface area contributed by atoms with Gasteiger partial charge in [-0.05, 0) is 25.7 Å². The van der Waals surface area contributed by atoms with Crippen LogP contribution in [-0.4, -0.2) is 64.9 Å². The fraction of sp³-hybridized carbons (Fsp3) is 0.737. The van der Waals surface area contributed by atoms with Crippen LogP contribution in [0.4, 0.5) is 4.79 Å². The van der Waals surface area contributed by atoms with Gasteiger partial charge in [-0.15, -0.1) is 0 Å². The monoisotopic (exact) mass is 390 g/mol. The third kappa shape index (κ3) is 3.55. The summed E-state index contributed by atoms with van der Waals surface area (Å²) in [6.45, 7) is -1.04. The first-order chi connectivity index (χ1) is 13.3. The van der Waals surface area contributed by atoms with Crippen LogP contribution in [0.5, 0.6) is 0 Å². The van der Waals surface area contributed by atoms with Gasteiger partial charge in [0.25, 0.3) is 11.8 Å². The second kappa shape index (κ2) is 7.78. The fourth-order valence-corrected chi connectivity index (χ4v) is 4.45. The summed E-state index contributed by atoms with van der Waals surface area (Å²) in [6.07, 6.45) is 6.84. The van der Waals surface area contributed by atoms with E-state index in [1.165, 1.54) is 4.90 Å². The molecule has 0 aromatic carbocycles. The van der Waals surface area contributed by atoms with Crippen LogP contribution < -0.4 is 5.32 Å². The lowest BCUT2D eigenvalue weighted by Gasteiger charge is -2.38. The van der Waals surface area contributed by atoms with Gasteiger partial charge in [-0.2, -0.15) is 5.26 Å². The van der Waals surface area contributed by atoms with Crippen molar-refractivity contribution >= 4 is 23.8 Å². The first-order valence-electron chi connectivity index (χ1n) is 9.81. The molecule has 1 N–H and O–H groups in total. The van der Waals surface area contributed by atoms with E-state index in [-0.39, 0.29) is 0 Å². The molecule has 3 fully saturated rings. The highest BCUT2D eigenvalue weighted by atomic mass is 16.5. The number of nitriles is 1. The summed E-state index contributed by atoms with van der Waals surface area (Å²) in [7, 11) is 1.55. The average Bonchev–Trinajstić information content (AvgIpc) is 3.26. The maximum atomic E-state index is 12.5. The van der Waals surface area contributed by atoms with Gasteiger partial charge in [0.2, 0.25) is 0 Å². The van der Waals surface area contributed by atoms with E-state index in [1.54, 1.807) is 7.05 Å². The largest absolute Gasteiger partial charge is 0.454 e. The number of esters is 1. The standard InChI is InChI=1S/C19H26N4O5/c1-22(18(13-20)7-3-2-4-8-18)14(24)12-28-15(25)11-23-16(26)19(21-17(23)27)9-5-6-10-19/h2-12H2,1H3,(H,21,27). The third-order valence-corrected chi connectivity index (χ3v) is 6.25. The summed E-state index contributed by atoms with van der Waals surface area (Å²) in [4.78, 5) is 51.4. The molecule has 0 atom stereocenters. The van der Waals surface area contributed by atoms with Crippen LogP contribution in [0.2, 0.25) is 0 Å². The van der Waals surface area contributed by atoms with Crippen molar-refractivity contribution in [1.29, 1.82) is 5.26 Å². The molecule has 3 rings (SSSR count). The second-order valence-corrected chi connectivity index (χ2v) is 7.93. The van der Waals surface area contributed by atoms with E-state index in [0.717, 1.165) is 37.0 Å². The number of carbonyl (C=O) groups excluding carboxylic acids is 4. The van der Waals surface area contributed by atoms with Gasteiger partial charge in [0.1, 0.15) is 17.6 Å². The van der Waals surface area contributed by atoms with E-state index in [1.807, 2.05) is 0 Å². The minimum Gasteiger partial charge on any atom is -0.454 e. The third-order valence-electron chi connectivity index (χ3n) is 6.25. The highest BCUT2D eigenvalue weighted by Crippen LogP contribution is 2.35. The van der Waals surface area contributed by atoms with Crippen LogP contribution in [0, 0.1) is 11.3 Å². The molecule has 0 aromatic heterocycles. The molecule has 152 valence electrons. The summed E-state index contributed by atoms with van der Waals surface area (Å²) in [5.41, 5.74) is -1.74. The lowest BCUT2D eigenvalue weighted by Crippen LogP contribution is -2.51. The van der Waals surface area contributed by atoms with Crippen molar-refractivity contribution in [2.45, 2.75) is 68.9 Å². The minimum atomic E-state index is -0.881. The van der Waals surface area contributed by atoms with Gasteiger partial charge in [-0.3, -0.25) is 19.3 Å². The quantitative estimate of drug-likeness (QED) is 0.554. The normalized spacial score (nSPS) is 22.6. The molecule has 1 aliphatic heterocycles. The van der Waals surface area contributed by atoms with Gasteiger partial charge < -0.3 is 15.0 Å². The molecule has 2 saturated carbocycles. The Labute approximate surface area is 164 Å². The summed E-state index contributed by atoms with van der Waals surface area (Å²) in [6, 6.07) is 1.64. The zero-order valence-electron chi connectivity index (χ0n) is 16.2. The molecule has 4 amide bonds. The predicted octanol–water partition coefficient (Wildman–Crippen LogP) is 1.08. The lowest BCUT2D eigenvalue weighted by molar-refractivity contribution is -0.155. The Hall–Kier alpha value is -2.63. The van der Waals surface area contributed by atoms with Crippen molar-refractivity contribution in [2.75, 3.05) is 20.2 Å². The van der Waals surface area contributed by atoms with Crippen LogP contribution in [0.25, 0.3) is 0 Å². The van der Waals surface area contributed by atoms with Crippen LogP contribution in [0.1, 0.15) is 57.8 Å². The molecule has 0 unspecified atom stereocenters. The van der Waals surface area contributed by atoms with Gasteiger partial charge in [0.05, 0.1) is 6.07 Å². The number of hydrogen-bond donors (Lipinski definition) is 1. The van der Waals surface area contributed by atoms with Crippen molar-refractivity contribution in [3.8, 4) is 6.07 Å². The number of nitrogens with zero attached hydrogens (tertiary/aromatic N) is 3. The minimum absolute atomic E-state index is 0.402. The molecule has 3 aliphatic rings. The molecule has 9 heteroatoms. The SMILES string of the molecule is CN(C(=O)COC(=O)CN1C(=O)NC2(CCCC2)C1=O)C1(C#N)CCCCC1. The van der Waals surface area contributed by atoms with Gasteiger partial charge in [-0.1, -0.05) is 32.1 Å². The molecule has 1 heterocycles.